The molecule has 3 rings (SSSR count). The minimum atomic E-state index is -0.560. The predicted octanol–water partition coefficient (Wildman–Crippen LogP) is 2.32. The summed E-state index contributed by atoms with van der Waals surface area (Å²) in [7, 11) is 2.89. The summed E-state index contributed by atoms with van der Waals surface area (Å²) in [4.78, 5) is 22.5. The van der Waals surface area contributed by atoms with Crippen LogP contribution in [0, 0.1) is 5.82 Å². The number of hydrogen-bond donors (Lipinski definition) is 0. The Hall–Kier alpha value is -2.90. The molecule has 138 valence electrons. The van der Waals surface area contributed by atoms with Gasteiger partial charge in [-0.2, -0.15) is 4.98 Å². The van der Waals surface area contributed by atoms with Crippen LogP contribution in [0.4, 0.5) is 4.39 Å². The van der Waals surface area contributed by atoms with E-state index in [2.05, 4.69) is 9.97 Å². The van der Waals surface area contributed by atoms with Crippen molar-refractivity contribution in [2.75, 3.05) is 27.3 Å². The summed E-state index contributed by atoms with van der Waals surface area (Å²) in [5, 5.41) is 0. The van der Waals surface area contributed by atoms with E-state index in [1.165, 1.54) is 38.7 Å². The first-order valence-electron chi connectivity index (χ1n) is 8.26. The molecule has 1 amide bonds. The number of rotatable bonds is 5. The van der Waals surface area contributed by atoms with Gasteiger partial charge < -0.3 is 19.1 Å². The molecule has 1 aromatic carbocycles. The summed E-state index contributed by atoms with van der Waals surface area (Å²) >= 11 is 0. The molecule has 0 unspecified atom stereocenters. The monoisotopic (exact) mass is 361 g/mol. The number of aromatic nitrogens is 2. The van der Waals surface area contributed by atoms with E-state index in [1.54, 1.807) is 11.0 Å². The molecule has 0 saturated carbocycles. The van der Waals surface area contributed by atoms with E-state index in [-0.39, 0.29) is 23.3 Å². The molecule has 0 aliphatic carbocycles. The van der Waals surface area contributed by atoms with Crippen molar-refractivity contribution in [3.05, 3.63) is 42.0 Å². The van der Waals surface area contributed by atoms with Gasteiger partial charge >= 0.3 is 0 Å². The molecule has 2 aromatic rings. The number of halogens is 1. The number of amides is 1. The molecule has 1 atom stereocenters. The van der Waals surface area contributed by atoms with E-state index in [0.29, 0.717) is 24.8 Å². The molecule has 0 bridgehead atoms. The van der Waals surface area contributed by atoms with Gasteiger partial charge in [-0.15, -0.1) is 0 Å². The van der Waals surface area contributed by atoms with Gasteiger partial charge in [0.05, 0.1) is 33.2 Å². The smallest absolute Gasteiger partial charge is 0.254 e. The first kappa shape index (κ1) is 17.9. The highest BCUT2D eigenvalue weighted by molar-refractivity contribution is 5.94. The second-order valence-electron chi connectivity index (χ2n) is 5.88. The van der Waals surface area contributed by atoms with Crippen LogP contribution in [0.3, 0.4) is 0 Å². The van der Waals surface area contributed by atoms with Crippen LogP contribution in [0.2, 0.25) is 0 Å². The van der Waals surface area contributed by atoms with Crippen LogP contribution in [-0.2, 0) is 0 Å². The number of methoxy groups -OCH3 is 2. The summed E-state index contributed by atoms with van der Waals surface area (Å²) < 4.78 is 29.6. The number of ether oxygens (including phenoxy) is 3. The lowest BCUT2D eigenvalue weighted by Gasteiger charge is -2.32. The average Bonchev–Trinajstić information content (AvgIpc) is 2.67. The number of nitrogens with zero attached hydrogens (tertiary/aromatic N) is 3. The Labute approximate surface area is 150 Å². The topological polar surface area (TPSA) is 73.8 Å². The number of carbonyl (C=O) groups excluding carboxylic acids is 1. The Morgan fingerprint density at radius 1 is 1.23 bits per heavy atom. The number of carbonyl (C=O) groups is 1. The third-order valence-electron chi connectivity index (χ3n) is 4.15. The fourth-order valence-electron chi connectivity index (χ4n) is 2.86. The average molecular weight is 361 g/mol. The molecule has 0 N–H and O–H groups in total. The van der Waals surface area contributed by atoms with Gasteiger partial charge in [-0.3, -0.25) is 9.78 Å². The zero-order valence-electron chi connectivity index (χ0n) is 14.6. The Kier molecular flexibility index (Phi) is 5.50. The molecule has 0 radical (unpaired) electrons. The molecular weight excluding hydrogens is 341 g/mol. The first-order valence-corrected chi connectivity index (χ1v) is 8.26. The number of likely N-dealkylation sites (tertiary alicyclic amines) is 1. The first-order chi connectivity index (χ1) is 12.6. The third-order valence-corrected chi connectivity index (χ3v) is 4.15. The standard InChI is InChI=1S/C18H20FN3O4/c1-24-15-6-5-12(8-14(15)19)18(23)22-7-3-4-13(11-22)26-17-10-20-9-16(21-17)25-2/h5-6,8-10,13H,3-4,7,11H2,1-2H3/t13-/m0/s1. The van der Waals surface area contributed by atoms with Crippen molar-refractivity contribution in [2.45, 2.75) is 18.9 Å². The van der Waals surface area contributed by atoms with Crippen LogP contribution in [-0.4, -0.2) is 54.2 Å². The number of piperidine rings is 1. The molecule has 1 aliphatic heterocycles. The second-order valence-corrected chi connectivity index (χ2v) is 5.88. The minimum Gasteiger partial charge on any atom is -0.494 e. The number of hydrogen-bond acceptors (Lipinski definition) is 6. The van der Waals surface area contributed by atoms with Crippen molar-refractivity contribution in [1.82, 2.24) is 14.9 Å². The van der Waals surface area contributed by atoms with Crippen LogP contribution in [0.25, 0.3) is 0 Å². The molecule has 1 fully saturated rings. The maximum atomic E-state index is 13.9. The maximum absolute atomic E-state index is 13.9. The molecule has 1 aliphatic rings. The summed E-state index contributed by atoms with van der Waals surface area (Å²) in [6.07, 6.45) is 4.35. The molecule has 1 aromatic heterocycles. The van der Waals surface area contributed by atoms with E-state index < -0.39 is 5.82 Å². The Morgan fingerprint density at radius 2 is 2.04 bits per heavy atom. The lowest BCUT2D eigenvalue weighted by atomic mass is 10.1. The van der Waals surface area contributed by atoms with E-state index in [0.717, 1.165) is 12.8 Å². The summed E-state index contributed by atoms with van der Waals surface area (Å²) in [5.41, 5.74) is 0.283. The predicted molar refractivity (Wildman–Crippen MR) is 91.1 cm³/mol. The van der Waals surface area contributed by atoms with Crippen molar-refractivity contribution >= 4 is 5.91 Å². The van der Waals surface area contributed by atoms with Gasteiger partial charge in [-0.1, -0.05) is 0 Å². The van der Waals surface area contributed by atoms with Gasteiger partial charge in [0, 0.05) is 12.1 Å². The summed E-state index contributed by atoms with van der Waals surface area (Å²) in [6.45, 7) is 0.988. The van der Waals surface area contributed by atoms with E-state index in [9.17, 15) is 9.18 Å². The van der Waals surface area contributed by atoms with Gasteiger partial charge in [-0.25, -0.2) is 4.39 Å². The highest BCUT2D eigenvalue weighted by atomic mass is 19.1. The molecule has 7 nitrogen and oxygen atoms in total. The second kappa shape index (κ2) is 7.99. The lowest BCUT2D eigenvalue weighted by Crippen LogP contribution is -2.44. The van der Waals surface area contributed by atoms with Gasteiger partial charge in [0.25, 0.3) is 5.91 Å². The zero-order chi connectivity index (χ0) is 18.5. The van der Waals surface area contributed by atoms with Crippen molar-refractivity contribution in [2.24, 2.45) is 0 Å². The van der Waals surface area contributed by atoms with Crippen molar-refractivity contribution in [3.8, 4) is 17.5 Å². The van der Waals surface area contributed by atoms with Crippen molar-refractivity contribution in [1.29, 1.82) is 0 Å². The van der Waals surface area contributed by atoms with E-state index >= 15 is 0 Å². The van der Waals surface area contributed by atoms with E-state index in [1.807, 2.05) is 0 Å². The third kappa shape index (κ3) is 4.01. The fourth-order valence-corrected chi connectivity index (χ4v) is 2.86. The Morgan fingerprint density at radius 3 is 2.77 bits per heavy atom. The summed E-state index contributed by atoms with van der Waals surface area (Å²) in [6, 6.07) is 4.20. The van der Waals surface area contributed by atoms with Crippen molar-refractivity contribution < 1.29 is 23.4 Å². The molecule has 26 heavy (non-hydrogen) atoms. The largest absolute Gasteiger partial charge is 0.494 e. The lowest BCUT2D eigenvalue weighted by molar-refractivity contribution is 0.0525. The maximum Gasteiger partial charge on any atom is 0.254 e. The Bertz CT molecular complexity index is 787. The van der Waals surface area contributed by atoms with Crippen LogP contribution in [0.5, 0.6) is 17.5 Å². The van der Waals surface area contributed by atoms with Gasteiger partial charge in [-0.05, 0) is 31.0 Å². The highest BCUT2D eigenvalue weighted by Crippen LogP contribution is 2.22. The number of benzene rings is 1. The normalized spacial score (nSPS) is 16.9. The fraction of sp³-hybridized carbons (Fsp3) is 0.389. The molecular formula is C18H20FN3O4. The van der Waals surface area contributed by atoms with Crippen molar-refractivity contribution in [3.63, 3.8) is 0 Å². The molecule has 8 heteroatoms. The molecule has 0 spiro atoms. The minimum absolute atomic E-state index is 0.109. The van der Waals surface area contributed by atoms with Crippen LogP contribution in [0.1, 0.15) is 23.2 Å². The SMILES string of the molecule is COc1cncc(O[C@H]2CCCN(C(=O)c3ccc(OC)c(F)c3)C2)n1. The molecule has 2 heterocycles. The zero-order valence-corrected chi connectivity index (χ0v) is 14.6. The van der Waals surface area contributed by atoms with Crippen LogP contribution in [0.15, 0.2) is 30.6 Å². The summed E-state index contributed by atoms with van der Waals surface area (Å²) in [5.74, 6) is 0.0171. The van der Waals surface area contributed by atoms with Crippen LogP contribution >= 0.6 is 0 Å². The van der Waals surface area contributed by atoms with Gasteiger partial charge in [0.15, 0.2) is 11.6 Å². The quantitative estimate of drug-likeness (QED) is 0.814. The Balaban J connectivity index is 1.67. The van der Waals surface area contributed by atoms with Crippen LogP contribution < -0.4 is 14.2 Å². The van der Waals surface area contributed by atoms with Gasteiger partial charge in [0.1, 0.15) is 6.10 Å². The van der Waals surface area contributed by atoms with Gasteiger partial charge in [0.2, 0.25) is 11.8 Å². The van der Waals surface area contributed by atoms with E-state index in [4.69, 9.17) is 14.2 Å². The highest BCUT2D eigenvalue weighted by Gasteiger charge is 2.26. The molecule has 1 saturated heterocycles.